The highest BCUT2D eigenvalue weighted by Gasteiger charge is 2.17. The molecular formula is C32H19N3O. The highest BCUT2D eigenvalue weighted by molar-refractivity contribution is 6.11. The smallest absolute Gasteiger partial charge is 0.156 e. The molecule has 0 spiro atoms. The van der Waals surface area contributed by atoms with Crippen LogP contribution >= 0.6 is 0 Å². The minimum Gasteiger partial charge on any atom is -0.454 e. The lowest BCUT2D eigenvalue weighted by Gasteiger charge is -2.10. The average molecular weight is 462 g/mol. The van der Waals surface area contributed by atoms with Crippen LogP contribution in [0.4, 0.5) is 0 Å². The quantitative estimate of drug-likeness (QED) is 0.260. The van der Waals surface area contributed by atoms with Crippen molar-refractivity contribution in [3.05, 3.63) is 115 Å². The number of hydrogen-bond donors (Lipinski definition) is 0. The Morgan fingerprint density at radius 1 is 0.500 bits per heavy atom. The molecule has 0 bridgehead atoms. The molecule has 0 N–H and O–H groups in total. The molecule has 0 aliphatic rings. The normalized spacial score (nSPS) is 11.9. The first kappa shape index (κ1) is 19.4. The summed E-state index contributed by atoms with van der Waals surface area (Å²) in [5.74, 6) is 0. The first-order chi connectivity index (χ1) is 17.8. The van der Waals surface area contributed by atoms with E-state index in [0.29, 0.717) is 0 Å². The Bertz CT molecular complexity index is 2100. The number of fused-ring (bicyclic) bond motifs is 7. The van der Waals surface area contributed by atoms with Gasteiger partial charge >= 0.3 is 0 Å². The van der Waals surface area contributed by atoms with Gasteiger partial charge in [-0.25, -0.2) is 9.97 Å². The predicted octanol–water partition coefficient (Wildman–Crippen LogP) is 8.29. The molecule has 4 heteroatoms. The van der Waals surface area contributed by atoms with Crippen molar-refractivity contribution in [1.82, 2.24) is 14.5 Å². The second-order valence-corrected chi connectivity index (χ2v) is 9.10. The van der Waals surface area contributed by atoms with Crippen molar-refractivity contribution in [3.63, 3.8) is 0 Å². The second kappa shape index (κ2) is 7.27. The van der Waals surface area contributed by atoms with Gasteiger partial charge in [0.05, 0.1) is 27.6 Å². The molecule has 0 amide bonds. The van der Waals surface area contributed by atoms with E-state index in [1.807, 2.05) is 30.3 Å². The van der Waals surface area contributed by atoms with Crippen LogP contribution < -0.4 is 0 Å². The lowest BCUT2D eigenvalue weighted by Crippen LogP contribution is -1.95. The number of nitrogens with zero attached hydrogens (tertiary/aromatic N) is 3. The SMILES string of the molecule is c1ccc(-c2cccc(-n3c4ccccc4c4nc5cc6oc7ccccc7c6nc5cc43)c2)cc1. The van der Waals surface area contributed by atoms with Gasteiger partial charge in [0.2, 0.25) is 0 Å². The minimum atomic E-state index is 0.759. The Kier molecular flexibility index (Phi) is 3.91. The number of aromatic nitrogens is 3. The number of furan rings is 1. The fourth-order valence-corrected chi connectivity index (χ4v) is 5.31. The molecule has 4 nitrogen and oxygen atoms in total. The zero-order valence-corrected chi connectivity index (χ0v) is 19.2. The lowest BCUT2D eigenvalue weighted by atomic mass is 10.1. The van der Waals surface area contributed by atoms with Crippen LogP contribution in [0.25, 0.3) is 71.9 Å². The highest BCUT2D eigenvalue weighted by atomic mass is 16.3. The third-order valence-corrected chi connectivity index (χ3v) is 6.96. The summed E-state index contributed by atoms with van der Waals surface area (Å²) >= 11 is 0. The Labute approximate surface area is 206 Å². The molecule has 168 valence electrons. The van der Waals surface area contributed by atoms with Crippen molar-refractivity contribution in [2.24, 2.45) is 0 Å². The van der Waals surface area contributed by atoms with Crippen LogP contribution in [0.3, 0.4) is 0 Å². The Morgan fingerprint density at radius 3 is 2.14 bits per heavy atom. The van der Waals surface area contributed by atoms with Crippen LogP contribution in [0.1, 0.15) is 0 Å². The van der Waals surface area contributed by atoms with Gasteiger partial charge in [0, 0.05) is 22.5 Å². The maximum Gasteiger partial charge on any atom is 0.156 e. The summed E-state index contributed by atoms with van der Waals surface area (Å²) in [6.07, 6.45) is 0. The van der Waals surface area contributed by atoms with Crippen LogP contribution in [0.2, 0.25) is 0 Å². The van der Waals surface area contributed by atoms with E-state index < -0.39 is 0 Å². The van der Waals surface area contributed by atoms with Gasteiger partial charge in [0.1, 0.15) is 11.1 Å². The van der Waals surface area contributed by atoms with Gasteiger partial charge in [-0.15, -0.1) is 0 Å². The molecule has 0 saturated carbocycles. The number of rotatable bonds is 2. The largest absolute Gasteiger partial charge is 0.454 e. The van der Waals surface area contributed by atoms with E-state index in [1.54, 1.807) is 0 Å². The average Bonchev–Trinajstić information content (AvgIpc) is 3.46. The van der Waals surface area contributed by atoms with Gasteiger partial charge in [0.25, 0.3) is 0 Å². The third-order valence-electron chi connectivity index (χ3n) is 6.96. The Balaban J connectivity index is 1.45. The molecule has 0 unspecified atom stereocenters. The van der Waals surface area contributed by atoms with Crippen molar-refractivity contribution in [2.75, 3.05) is 0 Å². The zero-order chi connectivity index (χ0) is 23.6. The summed E-state index contributed by atoms with van der Waals surface area (Å²) in [6, 6.07) is 39.8. The van der Waals surface area contributed by atoms with E-state index in [0.717, 1.165) is 60.7 Å². The molecule has 36 heavy (non-hydrogen) atoms. The van der Waals surface area contributed by atoms with Crippen LogP contribution in [-0.2, 0) is 0 Å². The van der Waals surface area contributed by atoms with Gasteiger partial charge in [0.15, 0.2) is 5.58 Å². The van der Waals surface area contributed by atoms with Crippen LogP contribution in [0, 0.1) is 0 Å². The van der Waals surface area contributed by atoms with Crippen LogP contribution in [0.15, 0.2) is 120 Å². The molecule has 0 aliphatic carbocycles. The fourth-order valence-electron chi connectivity index (χ4n) is 5.31. The number of benzene rings is 4. The van der Waals surface area contributed by atoms with Gasteiger partial charge < -0.3 is 8.98 Å². The van der Waals surface area contributed by atoms with E-state index in [-0.39, 0.29) is 0 Å². The van der Waals surface area contributed by atoms with E-state index in [4.69, 9.17) is 14.4 Å². The third kappa shape index (κ3) is 2.75. The maximum atomic E-state index is 6.08. The molecule has 0 radical (unpaired) electrons. The maximum absolute atomic E-state index is 6.08. The second-order valence-electron chi connectivity index (χ2n) is 9.10. The molecule has 0 fully saturated rings. The molecule has 4 aromatic carbocycles. The van der Waals surface area contributed by atoms with Crippen LogP contribution in [0.5, 0.6) is 0 Å². The first-order valence-electron chi connectivity index (χ1n) is 12.0. The Hall–Kier alpha value is -4.96. The standard InChI is InChI=1S/C32H19N3O/c1-2-9-20(10-3-1)21-11-8-12-22(17-21)35-27-15-6-4-13-23(27)31-28(35)18-25-26(33-31)19-30-32(34-25)24-14-5-7-16-29(24)36-30/h1-19H. The first-order valence-corrected chi connectivity index (χ1v) is 12.0. The van der Waals surface area contributed by atoms with Gasteiger partial charge in [-0.3, -0.25) is 0 Å². The summed E-state index contributed by atoms with van der Waals surface area (Å²) in [4.78, 5) is 10.1. The molecular weight excluding hydrogens is 442 g/mol. The number of para-hydroxylation sites is 2. The van der Waals surface area contributed by atoms with E-state index in [1.165, 1.54) is 11.1 Å². The highest BCUT2D eigenvalue weighted by Crippen LogP contribution is 2.35. The summed E-state index contributed by atoms with van der Waals surface area (Å²) in [6.45, 7) is 0. The van der Waals surface area contributed by atoms with Crippen LogP contribution in [-0.4, -0.2) is 14.5 Å². The van der Waals surface area contributed by atoms with E-state index in [9.17, 15) is 0 Å². The molecule has 0 atom stereocenters. The molecule has 8 aromatic rings. The number of hydrogen-bond acceptors (Lipinski definition) is 3. The fraction of sp³-hybridized carbons (Fsp3) is 0. The number of pyridine rings is 2. The van der Waals surface area contributed by atoms with E-state index >= 15 is 0 Å². The molecule has 4 aromatic heterocycles. The zero-order valence-electron chi connectivity index (χ0n) is 19.2. The lowest BCUT2D eigenvalue weighted by molar-refractivity contribution is 0.668. The van der Waals surface area contributed by atoms with Crippen molar-refractivity contribution < 1.29 is 4.42 Å². The molecule has 0 aliphatic heterocycles. The summed E-state index contributed by atoms with van der Waals surface area (Å²) < 4.78 is 8.38. The van der Waals surface area contributed by atoms with Gasteiger partial charge in [-0.05, 0) is 47.5 Å². The predicted molar refractivity (Wildman–Crippen MR) is 147 cm³/mol. The molecule has 0 saturated heterocycles. The topological polar surface area (TPSA) is 43.9 Å². The summed E-state index contributed by atoms with van der Waals surface area (Å²) in [5, 5.41) is 2.13. The van der Waals surface area contributed by atoms with Crippen molar-refractivity contribution in [2.45, 2.75) is 0 Å². The van der Waals surface area contributed by atoms with Gasteiger partial charge in [-0.2, -0.15) is 0 Å². The molecule has 4 heterocycles. The van der Waals surface area contributed by atoms with Gasteiger partial charge in [-0.1, -0.05) is 72.8 Å². The minimum absolute atomic E-state index is 0.759. The van der Waals surface area contributed by atoms with E-state index in [2.05, 4.69) is 89.5 Å². The van der Waals surface area contributed by atoms with Crippen molar-refractivity contribution in [1.29, 1.82) is 0 Å². The molecule has 8 rings (SSSR count). The monoisotopic (exact) mass is 461 g/mol. The van der Waals surface area contributed by atoms with Crippen molar-refractivity contribution >= 4 is 55.0 Å². The summed E-state index contributed by atoms with van der Waals surface area (Å²) in [7, 11) is 0. The summed E-state index contributed by atoms with van der Waals surface area (Å²) in [5.41, 5.74) is 10.7. The van der Waals surface area contributed by atoms with Crippen molar-refractivity contribution in [3.8, 4) is 16.8 Å². The Morgan fingerprint density at radius 2 is 1.22 bits per heavy atom.